The number of ether oxygens (including phenoxy) is 2. The highest BCUT2D eigenvalue weighted by atomic mass is 16.5. The van der Waals surface area contributed by atoms with Gasteiger partial charge in [0.25, 0.3) is 5.91 Å². The second kappa shape index (κ2) is 3.14. The summed E-state index contributed by atoms with van der Waals surface area (Å²) in [6.07, 6.45) is 2.65. The summed E-state index contributed by atoms with van der Waals surface area (Å²) >= 11 is 0. The highest BCUT2D eigenvalue weighted by Crippen LogP contribution is 2.44. The Kier molecular flexibility index (Phi) is 1.87. The van der Waals surface area contributed by atoms with Crippen molar-refractivity contribution in [2.75, 3.05) is 12.4 Å². The van der Waals surface area contributed by atoms with Crippen LogP contribution in [0.5, 0.6) is 11.5 Å². The van der Waals surface area contributed by atoms with E-state index in [0.29, 0.717) is 5.75 Å². The Labute approximate surface area is 93.5 Å². The maximum absolute atomic E-state index is 11.8. The Bertz CT molecular complexity index is 452. The normalized spacial score (nSPS) is 20.4. The van der Waals surface area contributed by atoms with Gasteiger partial charge in [0, 0.05) is 6.07 Å². The minimum atomic E-state index is -0.612. The first-order chi connectivity index (χ1) is 7.73. The summed E-state index contributed by atoms with van der Waals surface area (Å²) < 4.78 is 11.0. The van der Waals surface area contributed by atoms with Gasteiger partial charge >= 0.3 is 0 Å². The number of amides is 1. The molecular formula is C12H13NO3. The van der Waals surface area contributed by atoms with Crippen molar-refractivity contribution < 1.29 is 14.3 Å². The first kappa shape index (κ1) is 9.51. The van der Waals surface area contributed by atoms with Gasteiger partial charge in [0.05, 0.1) is 12.8 Å². The van der Waals surface area contributed by atoms with Crippen LogP contribution in [-0.2, 0) is 4.79 Å². The number of fused-ring (bicyclic) bond motifs is 1. The zero-order valence-electron chi connectivity index (χ0n) is 9.08. The van der Waals surface area contributed by atoms with E-state index in [9.17, 15) is 4.79 Å². The summed E-state index contributed by atoms with van der Waals surface area (Å²) in [4.78, 5) is 11.8. The average molecular weight is 219 g/mol. The molecule has 1 saturated carbocycles. The Morgan fingerprint density at radius 2 is 2.25 bits per heavy atom. The number of hydrogen-bond donors (Lipinski definition) is 1. The van der Waals surface area contributed by atoms with Gasteiger partial charge < -0.3 is 14.8 Å². The van der Waals surface area contributed by atoms with E-state index < -0.39 is 5.60 Å². The molecule has 0 aromatic heterocycles. The lowest BCUT2D eigenvalue weighted by atomic mass is 9.78. The van der Waals surface area contributed by atoms with Gasteiger partial charge in [-0.25, -0.2) is 0 Å². The van der Waals surface area contributed by atoms with Gasteiger partial charge in [0.1, 0.15) is 11.5 Å². The van der Waals surface area contributed by atoms with Crippen LogP contribution in [0, 0.1) is 0 Å². The van der Waals surface area contributed by atoms with Gasteiger partial charge in [-0.15, -0.1) is 0 Å². The fraction of sp³-hybridized carbons (Fsp3) is 0.417. The van der Waals surface area contributed by atoms with Crippen molar-refractivity contribution in [2.45, 2.75) is 24.9 Å². The molecule has 1 heterocycles. The first-order valence-corrected chi connectivity index (χ1v) is 5.42. The van der Waals surface area contributed by atoms with Crippen LogP contribution in [0.1, 0.15) is 19.3 Å². The molecule has 1 aromatic rings. The van der Waals surface area contributed by atoms with E-state index in [1.54, 1.807) is 19.2 Å². The quantitative estimate of drug-likeness (QED) is 0.785. The van der Waals surface area contributed by atoms with Crippen LogP contribution in [0.3, 0.4) is 0 Å². The van der Waals surface area contributed by atoms with Gasteiger partial charge in [0.2, 0.25) is 0 Å². The summed E-state index contributed by atoms with van der Waals surface area (Å²) in [6, 6.07) is 5.42. The minimum absolute atomic E-state index is 0.0172. The van der Waals surface area contributed by atoms with Crippen molar-refractivity contribution in [3.8, 4) is 11.5 Å². The molecule has 1 spiro atoms. The number of carbonyl (C=O) groups is 1. The third kappa shape index (κ3) is 1.19. The molecule has 1 amide bonds. The highest BCUT2D eigenvalue weighted by molar-refractivity contribution is 6.01. The standard InChI is InChI=1S/C12H13NO3/c1-15-8-3-4-9-10(7-8)16-12(5-2-6-12)11(14)13-9/h3-4,7H,2,5-6H2,1H3,(H,13,14). The number of carbonyl (C=O) groups excluding carboxylic acids is 1. The molecule has 3 rings (SSSR count). The predicted molar refractivity (Wildman–Crippen MR) is 58.8 cm³/mol. The zero-order valence-corrected chi connectivity index (χ0v) is 9.08. The monoisotopic (exact) mass is 219 g/mol. The maximum atomic E-state index is 11.8. The molecule has 0 saturated heterocycles. The smallest absolute Gasteiger partial charge is 0.268 e. The lowest BCUT2D eigenvalue weighted by Gasteiger charge is -2.43. The average Bonchev–Trinajstić information content (AvgIpc) is 2.25. The lowest BCUT2D eigenvalue weighted by Crippen LogP contribution is -2.55. The van der Waals surface area contributed by atoms with Gasteiger partial charge in [0.15, 0.2) is 5.60 Å². The lowest BCUT2D eigenvalue weighted by molar-refractivity contribution is -0.139. The number of nitrogens with one attached hydrogen (secondary N) is 1. The van der Waals surface area contributed by atoms with Crippen molar-refractivity contribution in [3.05, 3.63) is 18.2 Å². The van der Waals surface area contributed by atoms with Gasteiger partial charge in [-0.3, -0.25) is 4.79 Å². The molecule has 2 aliphatic rings. The Morgan fingerprint density at radius 3 is 2.88 bits per heavy atom. The van der Waals surface area contributed by atoms with Gasteiger partial charge in [-0.05, 0) is 31.4 Å². The highest BCUT2D eigenvalue weighted by Gasteiger charge is 2.49. The molecule has 0 radical (unpaired) electrons. The molecule has 0 bridgehead atoms. The molecule has 1 aliphatic carbocycles. The molecule has 0 unspecified atom stereocenters. The number of methoxy groups -OCH3 is 1. The number of rotatable bonds is 1. The second-order valence-corrected chi connectivity index (χ2v) is 4.27. The molecule has 0 atom stereocenters. The van der Waals surface area contributed by atoms with Crippen LogP contribution in [-0.4, -0.2) is 18.6 Å². The third-order valence-electron chi connectivity index (χ3n) is 3.32. The van der Waals surface area contributed by atoms with E-state index in [1.807, 2.05) is 6.07 Å². The molecule has 1 aromatic carbocycles. The van der Waals surface area contributed by atoms with Crippen molar-refractivity contribution in [2.24, 2.45) is 0 Å². The molecule has 1 N–H and O–H groups in total. The van der Waals surface area contributed by atoms with Crippen LogP contribution >= 0.6 is 0 Å². The summed E-state index contributed by atoms with van der Waals surface area (Å²) in [5.41, 5.74) is 0.114. The largest absolute Gasteiger partial charge is 0.497 e. The predicted octanol–water partition coefficient (Wildman–Crippen LogP) is 1.95. The minimum Gasteiger partial charge on any atom is -0.497 e. The van der Waals surface area contributed by atoms with E-state index in [-0.39, 0.29) is 5.91 Å². The molecular weight excluding hydrogens is 206 g/mol. The van der Waals surface area contributed by atoms with Crippen LogP contribution in [0.25, 0.3) is 0 Å². The Morgan fingerprint density at radius 1 is 1.44 bits per heavy atom. The van der Waals surface area contributed by atoms with Gasteiger partial charge in [-0.2, -0.15) is 0 Å². The van der Waals surface area contributed by atoms with E-state index in [1.165, 1.54) is 0 Å². The fourth-order valence-corrected chi connectivity index (χ4v) is 2.14. The van der Waals surface area contributed by atoms with Crippen LogP contribution in [0.15, 0.2) is 18.2 Å². The zero-order chi connectivity index (χ0) is 11.2. The summed E-state index contributed by atoms with van der Waals surface area (Å²) in [5.74, 6) is 1.43. The molecule has 1 aliphatic heterocycles. The Hall–Kier alpha value is -1.71. The van der Waals surface area contributed by atoms with Crippen LogP contribution in [0.2, 0.25) is 0 Å². The van der Waals surface area contributed by atoms with E-state index >= 15 is 0 Å². The van der Waals surface area contributed by atoms with Crippen LogP contribution < -0.4 is 14.8 Å². The fourth-order valence-electron chi connectivity index (χ4n) is 2.14. The van der Waals surface area contributed by atoms with Crippen molar-refractivity contribution in [1.29, 1.82) is 0 Å². The van der Waals surface area contributed by atoms with Crippen molar-refractivity contribution in [3.63, 3.8) is 0 Å². The molecule has 1 fully saturated rings. The summed E-state index contributed by atoms with van der Waals surface area (Å²) in [5, 5.41) is 2.88. The maximum Gasteiger partial charge on any atom is 0.268 e. The number of anilines is 1. The second-order valence-electron chi connectivity index (χ2n) is 4.27. The first-order valence-electron chi connectivity index (χ1n) is 5.42. The number of benzene rings is 1. The van der Waals surface area contributed by atoms with Crippen LogP contribution in [0.4, 0.5) is 5.69 Å². The topological polar surface area (TPSA) is 47.6 Å². The van der Waals surface area contributed by atoms with E-state index in [2.05, 4.69) is 5.32 Å². The summed E-state index contributed by atoms with van der Waals surface area (Å²) in [7, 11) is 1.61. The van der Waals surface area contributed by atoms with Crippen molar-refractivity contribution in [1.82, 2.24) is 0 Å². The third-order valence-corrected chi connectivity index (χ3v) is 3.32. The molecule has 84 valence electrons. The molecule has 4 heteroatoms. The molecule has 16 heavy (non-hydrogen) atoms. The van der Waals surface area contributed by atoms with E-state index in [4.69, 9.17) is 9.47 Å². The molecule has 4 nitrogen and oxygen atoms in total. The van der Waals surface area contributed by atoms with E-state index in [0.717, 1.165) is 30.7 Å². The van der Waals surface area contributed by atoms with Gasteiger partial charge in [-0.1, -0.05) is 0 Å². The van der Waals surface area contributed by atoms with Crippen molar-refractivity contribution >= 4 is 11.6 Å². The summed E-state index contributed by atoms with van der Waals surface area (Å²) in [6.45, 7) is 0. The SMILES string of the molecule is COc1ccc2c(c1)OC1(CCC1)C(=O)N2. The Balaban J connectivity index is 1.99. The number of hydrogen-bond acceptors (Lipinski definition) is 3.